The van der Waals surface area contributed by atoms with Crippen LogP contribution >= 0.6 is 0 Å². The van der Waals surface area contributed by atoms with E-state index in [0.717, 1.165) is 12.8 Å². The van der Waals surface area contributed by atoms with Gasteiger partial charge < -0.3 is 9.47 Å². The van der Waals surface area contributed by atoms with E-state index in [1.807, 2.05) is 38.1 Å². The third kappa shape index (κ3) is 6.50. The molecule has 0 aromatic heterocycles. The molecule has 0 atom stereocenters. The minimum absolute atomic E-state index is 0.0209. The molecule has 0 spiro atoms. The number of hydrogen-bond donors (Lipinski definition) is 0. The number of aryl methyl sites for hydroxylation is 1. The minimum atomic E-state index is 0.0209. The highest BCUT2D eigenvalue weighted by Crippen LogP contribution is 2.07. The Bertz CT molecular complexity index is 368. The highest BCUT2D eigenvalue weighted by Gasteiger charge is 2.05. The highest BCUT2D eigenvalue weighted by molar-refractivity contribution is 5.97. The van der Waals surface area contributed by atoms with Gasteiger partial charge in [-0.15, -0.1) is 0 Å². The van der Waals surface area contributed by atoms with Crippen LogP contribution < -0.4 is 0 Å². The van der Waals surface area contributed by atoms with Gasteiger partial charge in [0.2, 0.25) is 0 Å². The van der Waals surface area contributed by atoms with Gasteiger partial charge in [0.25, 0.3) is 0 Å². The lowest BCUT2D eigenvalue weighted by atomic mass is 10.1. The predicted octanol–water partition coefficient (Wildman–Crippen LogP) is 3.26. The van der Waals surface area contributed by atoms with Gasteiger partial charge in [0, 0.05) is 5.56 Å². The molecule has 106 valence electrons. The van der Waals surface area contributed by atoms with Gasteiger partial charge in [-0.3, -0.25) is 4.79 Å². The Balaban J connectivity index is 2.29. The van der Waals surface area contributed by atoms with Crippen LogP contribution in [0.2, 0.25) is 0 Å². The Morgan fingerprint density at radius 1 is 1.16 bits per heavy atom. The molecule has 1 aromatic rings. The number of ketones is 1. The van der Waals surface area contributed by atoms with Gasteiger partial charge in [0.15, 0.2) is 5.78 Å². The van der Waals surface area contributed by atoms with Crippen molar-refractivity contribution in [3.8, 4) is 0 Å². The fourth-order valence-electron chi connectivity index (χ4n) is 1.74. The molecule has 0 saturated carbocycles. The fourth-order valence-corrected chi connectivity index (χ4v) is 1.74. The molecule has 0 aliphatic carbocycles. The standard InChI is InChI=1S/C16H24O3/c1-4-5-14-6-8-15(9-7-14)16(17)12-18-10-11-19-13(2)3/h6-9,13H,4-5,10-12H2,1-3H3. The summed E-state index contributed by atoms with van der Waals surface area (Å²) < 4.78 is 10.6. The van der Waals surface area contributed by atoms with E-state index in [9.17, 15) is 4.79 Å². The molecule has 0 aliphatic rings. The van der Waals surface area contributed by atoms with Crippen LogP contribution in [0.15, 0.2) is 24.3 Å². The topological polar surface area (TPSA) is 35.5 Å². The van der Waals surface area contributed by atoms with Crippen molar-refractivity contribution in [1.82, 2.24) is 0 Å². The van der Waals surface area contributed by atoms with Crippen molar-refractivity contribution in [2.45, 2.75) is 39.7 Å². The Hall–Kier alpha value is -1.19. The Labute approximate surface area is 115 Å². The van der Waals surface area contributed by atoms with Crippen LogP contribution in [0.3, 0.4) is 0 Å². The summed E-state index contributed by atoms with van der Waals surface area (Å²) in [5.74, 6) is 0.0209. The Morgan fingerprint density at radius 3 is 2.42 bits per heavy atom. The zero-order valence-corrected chi connectivity index (χ0v) is 12.1. The molecular weight excluding hydrogens is 240 g/mol. The maximum Gasteiger partial charge on any atom is 0.188 e. The molecular formula is C16H24O3. The van der Waals surface area contributed by atoms with Crippen LogP contribution in [0.1, 0.15) is 43.1 Å². The lowest BCUT2D eigenvalue weighted by molar-refractivity contribution is 0.0208. The maximum atomic E-state index is 11.8. The average molecular weight is 264 g/mol. The van der Waals surface area contributed by atoms with Gasteiger partial charge in [-0.25, -0.2) is 0 Å². The van der Waals surface area contributed by atoms with Crippen molar-refractivity contribution in [3.05, 3.63) is 35.4 Å². The molecule has 0 fully saturated rings. The number of hydrogen-bond acceptors (Lipinski definition) is 3. The normalized spacial score (nSPS) is 10.9. The van der Waals surface area contributed by atoms with Gasteiger partial charge in [-0.2, -0.15) is 0 Å². The molecule has 0 unspecified atom stereocenters. The smallest absolute Gasteiger partial charge is 0.188 e. The molecule has 0 radical (unpaired) electrons. The van der Waals surface area contributed by atoms with E-state index in [0.29, 0.717) is 18.8 Å². The molecule has 3 heteroatoms. The zero-order chi connectivity index (χ0) is 14.1. The number of ether oxygens (including phenoxy) is 2. The number of carbonyl (C=O) groups excluding carboxylic acids is 1. The summed E-state index contributed by atoms with van der Waals surface area (Å²) in [7, 11) is 0. The first-order valence-corrected chi connectivity index (χ1v) is 6.95. The summed E-state index contributed by atoms with van der Waals surface area (Å²) in [6.07, 6.45) is 2.37. The van der Waals surface area contributed by atoms with E-state index in [4.69, 9.17) is 9.47 Å². The van der Waals surface area contributed by atoms with Crippen LogP contribution in [-0.4, -0.2) is 31.7 Å². The summed E-state index contributed by atoms with van der Waals surface area (Å²) in [4.78, 5) is 11.8. The predicted molar refractivity (Wildman–Crippen MR) is 76.7 cm³/mol. The second kappa shape index (κ2) is 8.83. The highest BCUT2D eigenvalue weighted by atomic mass is 16.5. The lowest BCUT2D eigenvalue weighted by Gasteiger charge is -2.08. The summed E-state index contributed by atoms with van der Waals surface area (Å²) >= 11 is 0. The first-order chi connectivity index (χ1) is 9.13. The van der Waals surface area contributed by atoms with Crippen LogP contribution in [0, 0.1) is 0 Å². The van der Waals surface area contributed by atoms with Gasteiger partial charge in [-0.05, 0) is 25.8 Å². The summed E-state index contributed by atoms with van der Waals surface area (Å²) in [5.41, 5.74) is 1.98. The van der Waals surface area contributed by atoms with Crippen molar-refractivity contribution >= 4 is 5.78 Å². The van der Waals surface area contributed by atoms with Crippen LogP contribution in [-0.2, 0) is 15.9 Å². The second-order valence-corrected chi connectivity index (χ2v) is 4.84. The first-order valence-electron chi connectivity index (χ1n) is 6.95. The van der Waals surface area contributed by atoms with E-state index < -0.39 is 0 Å². The van der Waals surface area contributed by atoms with Crippen LogP contribution in [0.25, 0.3) is 0 Å². The number of Topliss-reactive ketones (excluding diaryl/α,β-unsaturated/α-hetero) is 1. The molecule has 1 aromatic carbocycles. The van der Waals surface area contributed by atoms with E-state index in [1.165, 1.54) is 5.56 Å². The summed E-state index contributed by atoms with van der Waals surface area (Å²) in [5, 5.41) is 0. The number of carbonyl (C=O) groups is 1. The van der Waals surface area contributed by atoms with Gasteiger partial charge in [0.05, 0.1) is 19.3 Å². The average Bonchev–Trinajstić information content (AvgIpc) is 2.39. The zero-order valence-electron chi connectivity index (χ0n) is 12.1. The Morgan fingerprint density at radius 2 is 1.84 bits per heavy atom. The van der Waals surface area contributed by atoms with E-state index in [1.54, 1.807) is 0 Å². The van der Waals surface area contributed by atoms with E-state index in [2.05, 4.69) is 6.92 Å². The lowest BCUT2D eigenvalue weighted by Crippen LogP contribution is -2.14. The fraction of sp³-hybridized carbons (Fsp3) is 0.562. The molecule has 0 bridgehead atoms. The third-order valence-corrected chi connectivity index (χ3v) is 2.73. The van der Waals surface area contributed by atoms with Crippen molar-refractivity contribution in [2.75, 3.05) is 19.8 Å². The number of rotatable bonds is 9. The summed E-state index contributed by atoms with van der Waals surface area (Å²) in [6.45, 7) is 7.20. The summed E-state index contributed by atoms with van der Waals surface area (Å²) in [6, 6.07) is 7.78. The minimum Gasteiger partial charge on any atom is -0.376 e. The van der Waals surface area contributed by atoms with Crippen LogP contribution in [0.4, 0.5) is 0 Å². The van der Waals surface area contributed by atoms with E-state index >= 15 is 0 Å². The molecule has 19 heavy (non-hydrogen) atoms. The van der Waals surface area contributed by atoms with Crippen molar-refractivity contribution in [3.63, 3.8) is 0 Å². The quantitative estimate of drug-likeness (QED) is 0.507. The molecule has 0 N–H and O–H groups in total. The van der Waals surface area contributed by atoms with Crippen LogP contribution in [0.5, 0.6) is 0 Å². The first kappa shape index (κ1) is 15.9. The number of benzene rings is 1. The molecule has 1 rings (SSSR count). The van der Waals surface area contributed by atoms with Crippen molar-refractivity contribution < 1.29 is 14.3 Å². The van der Waals surface area contributed by atoms with Gasteiger partial charge >= 0.3 is 0 Å². The SMILES string of the molecule is CCCc1ccc(C(=O)COCCOC(C)C)cc1. The molecule has 0 aliphatic heterocycles. The van der Waals surface area contributed by atoms with Crippen molar-refractivity contribution in [2.24, 2.45) is 0 Å². The molecule has 0 heterocycles. The van der Waals surface area contributed by atoms with Crippen molar-refractivity contribution in [1.29, 1.82) is 0 Å². The molecule has 0 saturated heterocycles. The van der Waals surface area contributed by atoms with Gasteiger partial charge in [0.1, 0.15) is 6.61 Å². The third-order valence-electron chi connectivity index (χ3n) is 2.73. The van der Waals surface area contributed by atoms with E-state index in [-0.39, 0.29) is 18.5 Å². The molecule has 3 nitrogen and oxygen atoms in total. The largest absolute Gasteiger partial charge is 0.376 e. The Kier molecular flexibility index (Phi) is 7.38. The monoisotopic (exact) mass is 264 g/mol. The second-order valence-electron chi connectivity index (χ2n) is 4.84. The molecule has 0 amide bonds. The maximum absolute atomic E-state index is 11.8. The van der Waals surface area contributed by atoms with Gasteiger partial charge in [-0.1, -0.05) is 37.6 Å².